The van der Waals surface area contributed by atoms with Gasteiger partial charge in [-0.2, -0.15) is 0 Å². The molecule has 116 valence electrons. The number of nitrogens with one attached hydrogen (secondary N) is 2. The minimum atomic E-state index is -0.601. The Bertz CT molecular complexity index is 510. The molecule has 1 rings (SSSR count). The van der Waals surface area contributed by atoms with Crippen molar-refractivity contribution in [2.45, 2.75) is 25.2 Å². The highest BCUT2D eigenvalue weighted by molar-refractivity contribution is 8.00. The summed E-state index contributed by atoms with van der Waals surface area (Å²) in [4.78, 5) is 22.9. The second-order valence-corrected chi connectivity index (χ2v) is 5.87. The van der Waals surface area contributed by atoms with Gasteiger partial charge in [0.1, 0.15) is 11.6 Å². The largest absolute Gasteiger partial charge is 0.338 e. The Morgan fingerprint density at radius 1 is 1.29 bits per heavy atom. The number of amides is 3. The summed E-state index contributed by atoms with van der Waals surface area (Å²) in [5.74, 6) is -1.46. The van der Waals surface area contributed by atoms with Crippen LogP contribution in [0.15, 0.2) is 23.1 Å². The lowest BCUT2D eigenvalue weighted by molar-refractivity contribution is -0.117. The lowest BCUT2D eigenvalue weighted by Crippen LogP contribution is -2.40. The second-order valence-electron chi connectivity index (χ2n) is 4.85. The number of hydrogen-bond acceptors (Lipinski definition) is 3. The van der Waals surface area contributed by atoms with Crippen LogP contribution in [-0.2, 0) is 4.79 Å². The zero-order valence-corrected chi connectivity index (χ0v) is 12.7. The molecule has 0 aliphatic rings. The van der Waals surface area contributed by atoms with E-state index in [0.717, 1.165) is 36.4 Å². The third-order valence-corrected chi connectivity index (χ3v) is 3.54. The fourth-order valence-corrected chi connectivity index (χ4v) is 2.17. The monoisotopic (exact) mass is 316 g/mol. The Hall–Kier alpha value is -1.63. The van der Waals surface area contributed by atoms with E-state index in [1.165, 1.54) is 0 Å². The van der Waals surface area contributed by atoms with E-state index in [4.69, 9.17) is 0 Å². The van der Waals surface area contributed by atoms with Gasteiger partial charge < -0.3 is 5.32 Å². The molecule has 0 unspecified atom stereocenters. The van der Waals surface area contributed by atoms with Crippen molar-refractivity contribution in [3.05, 3.63) is 29.8 Å². The maximum Gasteiger partial charge on any atom is 0.321 e. The van der Waals surface area contributed by atoms with Gasteiger partial charge in [0.05, 0.1) is 5.75 Å². The zero-order chi connectivity index (χ0) is 15.8. The molecule has 0 aliphatic heterocycles. The lowest BCUT2D eigenvalue weighted by atomic mass is 10.1. The van der Waals surface area contributed by atoms with Crippen molar-refractivity contribution >= 4 is 23.7 Å². The van der Waals surface area contributed by atoms with Crippen molar-refractivity contribution in [1.29, 1.82) is 0 Å². The molecule has 2 N–H and O–H groups in total. The maximum absolute atomic E-state index is 13.3. The molecule has 0 bridgehead atoms. The van der Waals surface area contributed by atoms with Crippen molar-refractivity contribution in [2.75, 3.05) is 12.3 Å². The van der Waals surface area contributed by atoms with Gasteiger partial charge in [0, 0.05) is 11.4 Å². The van der Waals surface area contributed by atoms with Gasteiger partial charge in [0.25, 0.3) is 0 Å². The van der Waals surface area contributed by atoms with E-state index in [1.807, 2.05) is 13.8 Å². The first-order chi connectivity index (χ1) is 9.88. The fraction of sp³-hybridized carbons (Fsp3) is 0.429. The van der Waals surface area contributed by atoms with E-state index in [1.54, 1.807) is 0 Å². The molecule has 0 saturated heterocycles. The Morgan fingerprint density at radius 3 is 2.67 bits per heavy atom. The number of thioether (sulfide) groups is 1. The topological polar surface area (TPSA) is 58.2 Å². The van der Waals surface area contributed by atoms with E-state index in [0.29, 0.717) is 12.5 Å². The first-order valence-electron chi connectivity index (χ1n) is 6.54. The number of rotatable bonds is 6. The molecular formula is C14H18F2N2O2S. The summed E-state index contributed by atoms with van der Waals surface area (Å²) in [5.41, 5.74) is 0. The zero-order valence-electron chi connectivity index (χ0n) is 11.9. The van der Waals surface area contributed by atoms with E-state index in [2.05, 4.69) is 10.6 Å². The summed E-state index contributed by atoms with van der Waals surface area (Å²) < 4.78 is 26.3. The summed E-state index contributed by atoms with van der Waals surface area (Å²) in [6.45, 7) is 4.52. The molecule has 0 heterocycles. The summed E-state index contributed by atoms with van der Waals surface area (Å²) in [6.07, 6.45) is 0.810. The van der Waals surface area contributed by atoms with Crippen molar-refractivity contribution in [2.24, 2.45) is 5.92 Å². The standard InChI is InChI=1S/C14H18F2N2O2S/c1-9(2)5-6-17-14(20)18-13(19)8-21-12-7-10(15)3-4-11(12)16/h3-4,7,9H,5-6,8H2,1-2H3,(H2,17,18,19,20). The number of hydrogen-bond donors (Lipinski definition) is 2. The molecule has 0 fully saturated rings. The van der Waals surface area contributed by atoms with Crippen LogP contribution in [0.2, 0.25) is 0 Å². The fourth-order valence-electron chi connectivity index (χ4n) is 1.41. The van der Waals surface area contributed by atoms with Crippen LogP contribution in [0.1, 0.15) is 20.3 Å². The maximum atomic E-state index is 13.3. The van der Waals surface area contributed by atoms with Gasteiger partial charge in [-0.05, 0) is 30.5 Å². The van der Waals surface area contributed by atoms with Crippen molar-refractivity contribution in [3.63, 3.8) is 0 Å². The minimum Gasteiger partial charge on any atom is -0.338 e. The molecule has 3 amide bonds. The lowest BCUT2D eigenvalue weighted by Gasteiger charge is -2.08. The molecule has 7 heteroatoms. The number of carbonyl (C=O) groups is 2. The smallest absolute Gasteiger partial charge is 0.321 e. The van der Waals surface area contributed by atoms with E-state index < -0.39 is 23.6 Å². The first kappa shape index (κ1) is 17.4. The van der Waals surface area contributed by atoms with Crippen LogP contribution in [0, 0.1) is 17.6 Å². The van der Waals surface area contributed by atoms with Crippen LogP contribution < -0.4 is 10.6 Å². The van der Waals surface area contributed by atoms with Crippen LogP contribution in [0.3, 0.4) is 0 Å². The van der Waals surface area contributed by atoms with E-state index >= 15 is 0 Å². The average Bonchev–Trinajstić information content (AvgIpc) is 2.39. The molecular weight excluding hydrogens is 298 g/mol. The predicted octanol–water partition coefficient (Wildman–Crippen LogP) is 2.93. The van der Waals surface area contributed by atoms with Crippen LogP contribution in [-0.4, -0.2) is 24.2 Å². The number of benzene rings is 1. The Morgan fingerprint density at radius 2 is 2.00 bits per heavy atom. The van der Waals surface area contributed by atoms with Gasteiger partial charge >= 0.3 is 6.03 Å². The van der Waals surface area contributed by atoms with Crippen LogP contribution in [0.5, 0.6) is 0 Å². The molecule has 0 saturated carbocycles. The molecule has 21 heavy (non-hydrogen) atoms. The van der Waals surface area contributed by atoms with E-state index in [9.17, 15) is 18.4 Å². The summed E-state index contributed by atoms with van der Waals surface area (Å²) in [6, 6.07) is 2.42. The summed E-state index contributed by atoms with van der Waals surface area (Å²) in [7, 11) is 0. The van der Waals surface area contributed by atoms with Crippen LogP contribution in [0.4, 0.5) is 13.6 Å². The summed E-state index contributed by atoms with van der Waals surface area (Å²) in [5, 5.41) is 4.68. The van der Waals surface area contributed by atoms with Crippen LogP contribution >= 0.6 is 11.8 Å². The predicted molar refractivity (Wildman–Crippen MR) is 78.1 cm³/mol. The number of urea groups is 1. The SMILES string of the molecule is CC(C)CCNC(=O)NC(=O)CSc1cc(F)ccc1F. The Labute approximate surface area is 126 Å². The normalized spacial score (nSPS) is 10.5. The molecule has 4 nitrogen and oxygen atoms in total. The molecule has 0 atom stereocenters. The van der Waals surface area contributed by atoms with Crippen LogP contribution in [0.25, 0.3) is 0 Å². The molecule has 1 aromatic carbocycles. The molecule has 0 aliphatic carbocycles. The minimum absolute atomic E-state index is 0.0327. The Balaban J connectivity index is 2.33. The van der Waals surface area contributed by atoms with Gasteiger partial charge in [-0.25, -0.2) is 13.6 Å². The molecule has 0 spiro atoms. The van der Waals surface area contributed by atoms with Gasteiger partial charge in [-0.3, -0.25) is 10.1 Å². The molecule has 1 aromatic rings. The van der Waals surface area contributed by atoms with E-state index in [-0.39, 0.29) is 10.6 Å². The molecule has 0 radical (unpaired) electrons. The third-order valence-electron chi connectivity index (χ3n) is 2.51. The number of halogens is 2. The first-order valence-corrected chi connectivity index (χ1v) is 7.52. The van der Waals surface area contributed by atoms with Crippen molar-refractivity contribution in [1.82, 2.24) is 10.6 Å². The number of imide groups is 1. The van der Waals surface area contributed by atoms with Gasteiger partial charge in [-0.1, -0.05) is 13.8 Å². The summed E-state index contributed by atoms with van der Waals surface area (Å²) >= 11 is 0.833. The third kappa shape index (κ3) is 7.08. The average molecular weight is 316 g/mol. The second kappa shape index (κ2) is 8.61. The van der Waals surface area contributed by atoms with Gasteiger partial charge in [0.2, 0.25) is 5.91 Å². The van der Waals surface area contributed by atoms with Gasteiger partial charge in [-0.15, -0.1) is 11.8 Å². The highest BCUT2D eigenvalue weighted by Crippen LogP contribution is 2.22. The van der Waals surface area contributed by atoms with Crippen molar-refractivity contribution < 1.29 is 18.4 Å². The number of carbonyl (C=O) groups excluding carboxylic acids is 2. The van der Waals surface area contributed by atoms with Crippen molar-refractivity contribution in [3.8, 4) is 0 Å². The quantitative estimate of drug-likeness (QED) is 0.793. The van der Waals surface area contributed by atoms with Gasteiger partial charge in [0.15, 0.2) is 0 Å². The molecule has 0 aromatic heterocycles. The highest BCUT2D eigenvalue weighted by Gasteiger charge is 2.10. The highest BCUT2D eigenvalue weighted by atomic mass is 32.2. The Kier molecular flexibility index (Phi) is 7.14.